The molecule has 2 aromatic heterocycles. The van der Waals surface area contributed by atoms with Gasteiger partial charge in [-0.25, -0.2) is 9.97 Å². The quantitative estimate of drug-likeness (QED) is 0.759. The van der Waals surface area contributed by atoms with E-state index in [2.05, 4.69) is 27.2 Å². The lowest BCUT2D eigenvalue weighted by Gasteiger charge is -2.06. The van der Waals surface area contributed by atoms with Gasteiger partial charge in [0.25, 0.3) is 5.91 Å². The van der Waals surface area contributed by atoms with Crippen LogP contribution in [0.15, 0.2) is 36.7 Å². The number of amides is 1. The molecule has 1 amide bonds. The minimum atomic E-state index is -0.182. The van der Waals surface area contributed by atoms with Crippen molar-refractivity contribution < 1.29 is 9.53 Å². The van der Waals surface area contributed by atoms with Crippen molar-refractivity contribution >= 4 is 17.1 Å². The predicted octanol–water partition coefficient (Wildman–Crippen LogP) is 3.06. The highest BCUT2D eigenvalue weighted by atomic mass is 16.5. The van der Waals surface area contributed by atoms with E-state index in [1.165, 1.54) is 5.56 Å². The number of carbonyl (C=O) groups is 1. The molecule has 0 unspecified atom stereocenters. The number of aromatic amines is 1. The van der Waals surface area contributed by atoms with Crippen molar-refractivity contribution in [1.29, 1.82) is 0 Å². The van der Waals surface area contributed by atoms with Gasteiger partial charge in [0.2, 0.25) is 5.88 Å². The summed E-state index contributed by atoms with van der Waals surface area (Å²) < 4.78 is 5.77. The monoisotopic (exact) mass is 310 g/mol. The number of rotatable bonds is 5. The van der Waals surface area contributed by atoms with Gasteiger partial charge in [0.1, 0.15) is 11.3 Å². The molecule has 2 N–H and O–H groups in total. The second kappa shape index (κ2) is 6.48. The van der Waals surface area contributed by atoms with Gasteiger partial charge in [-0.05, 0) is 31.0 Å². The van der Waals surface area contributed by atoms with E-state index in [9.17, 15) is 4.79 Å². The van der Waals surface area contributed by atoms with Crippen LogP contribution in [0.3, 0.4) is 0 Å². The third kappa shape index (κ3) is 3.15. The van der Waals surface area contributed by atoms with Gasteiger partial charge in [-0.2, -0.15) is 0 Å². The first-order valence-electron chi connectivity index (χ1n) is 7.60. The van der Waals surface area contributed by atoms with E-state index in [0.717, 1.165) is 6.42 Å². The van der Waals surface area contributed by atoms with Crippen molar-refractivity contribution in [2.24, 2.45) is 0 Å². The fourth-order valence-corrected chi connectivity index (χ4v) is 2.30. The lowest BCUT2D eigenvalue weighted by atomic mass is 10.2. The molecule has 118 valence electrons. The van der Waals surface area contributed by atoms with Crippen LogP contribution in [-0.4, -0.2) is 27.4 Å². The van der Waals surface area contributed by atoms with Crippen LogP contribution in [0.5, 0.6) is 11.6 Å². The molecule has 0 spiro atoms. The van der Waals surface area contributed by atoms with Crippen LogP contribution in [0, 0.1) is 0 Å². The van der Waals surface area contributed by atoms with Crippen molar-refractivity contribution in [2.45, 2.75) is 20.3 Å². The van der Waals surface area contributed by atoms with E-state index >= 15 is 0 Å². The van der Waals surface area contributed by atoms with E-state index in [0.29, 0.717) is 34.9 Å². The summed E-state index contributed by atoms with van der Waals surface area (Å²) in [6.07, 6.45) is 4.08. The maximum Gasteiger partial charge on any atom is 0.255 e. The Morgan fingerprint density at radius 3 is 3.00 bits per heavy atom. The van der Waals surface area contributed by atoms with Crippen LogP contribution in [0.1, 0.15) is 29.8 Å². The van der Waals surface area contributed by atoms with Crippen molar-refractivity contribution in [3.63, 3.8) is 0 Å². The molecule has 0 bridgehead atoms. The Hall–Kier alpha value is -2.89. The summed E-state index contributed by atoms with van der Waals surface area (Å²) in [7, 11) is 0. The van der Waals surface area contributed by atoms with Crippen molar-refractivity contribution in [2.75, 3.05) is 6.54 Å². The van der Waals surface area contributed by atoms with Crippen molar-refractivity contribution in [3.05, 3.63) is 47.8 Å². The average Bonchev–Trinajstić information content (AvgIpc) is 2.98. The third-order valence-electron chi connectivity index (χ3n) is 3.47. The number of carbonyl (C=O) groups excluding carboxylic acids is 1. The van der Waals surface area contributed by atoms with E-state index in [1.807, 2.05) is 31.2 Å². The Kier molecular flexibility index (Phi) is 4.23. The Balaban J connectivity index is 1.92. The molecule has 0 fully saturated rings. The van der Waals surface area contributed by atoms with E-state index < -0.39 is 0 Å². The van der Waals surface area contributed by atoms with Gasteiger partial charge < -0.3 is 15.0 Å². The zero-order valence-electron chi connectivity index (χ0n) is 13.1. The highest BCUT2D eigenvalue weighted by molar-refractivity contribution is 6.04. The minimum Gasteiger partial charge on any atom is -0.437 e. The van der Waals surface area contributed by atoms with Crippen LogP contribution >= 0.6 is 0 Å². The number of ether oxygens (including phenoxy) is 1. The highest BCUT2D eigenvalue weighted by Crippen LogP contribution is 2.23. The third-order valence-corrected chi connectivity index (χ3v) is 3.47. The predicted molar refractivity (Wildman–Crippen MR) is 87.8 cm³/mol. The topological polar surface area (TPSA) is 79.9 Å². The number of benzene rings is 1. The number of nitrogens with zero attached hydrogens (tertiary/aromatic N) is 2. The fourth-order valence-electron chi connectivity index (χ4n) is 2.30. The van der Waals surface area contributed by atoms with Crippen molar-refractivity contribution in [1.82, 2.24) is 20.3 Å². The van der Waals surface area contributed by atoms with Gasteiger partial charge in [-0.3, -0.25) is 4.79 Å². The molecule has 23 heavy (non-hydrogen) atoms. The number of H-pyrrole nitrogens is 1. The first kappa shape index (κ1) is 15.0. The first-order chi connectivity index (χ1) is 11.2. The van der Waals surface area contributed by atoms with Gasteiger partial charge in [0.05, 0.1) is 11.8 Å². The lowest BCUT2D eigenvalue weighted by Crippen LogP contribution is -2.22. The van der Waals surface area contributed by atoms with Crippen LogP contribution in [0.4, 0.5) is 0 Å². The molecule has 6 nitrogen and oxygen atoms in total. The number of hydrogen-bond donors (Lipinski definition) is 2. The Bertz CT molecular complexity index is 841. The standard InChI is InChI=1S/C17H18N4O2/c1-3-11-6-5-7-12(8-11)23-14-10-20-16-15(21-14)13(9-19-16)17(22)18-4-2/h5-10H,3-4H2,1-2H3,(H,18,22)(H,19,20). The van der Waals surface area contributed by atoms with Crippen LogP contribution in [0.25, 0.3) is 11.2 Å². The zero-order chi connectivity index (χ0) is 16.2. The van der Waals surface area contributed by atoms with E-state index in [4.69, 9.17) is 4.74 Å². The van der Waals surface area contributed by atoms with Gasteiger partial charge in [0, 0.05) is 12.7 Å². The molecule has 3 aromatic rings. The van der Waals surface area contributed by atoms with Crippen LogP contribution < -0.4 is 10.1 Å². The van der Waals surface area contributed by atoms with Crippen molar-refractivity contribution in [3.8, 4) is 11.6 Å². The minimum absolute atomic E-state index is 0.182. The highest BCUT2D eigenvalue weighted by Gasteiger charge is 2.14. The molecule has 0 saturated carbocycles. The molecule has 6 heteroatoms. The molecule has 2 heterocycles. The molecule has 0 aliphatic carbocycles. The summed E-state index contributed by atoms with van der Waals surface area (Å²) in [6.45, 7) is 4.51. The normalized spacial score (nSPS) is 10.7. The van der Waals surface area contributed by atoms with E-state index in [-0.39, 0.29) is 5.91 Å². The molecule has 0 radical (unpaired) electrons. The maximum absolute atomic E-state index is 12.0. The molecular weight excluding hydrogens is 292 g/mol. The smallest absolute Gasteiger partial charge is 0.255 e. The molecular formula is C17H18N4O2. The maximum atomic E-state index is 12.0. The molecule has 0 saturated heterocycles. The Morgan fingerprint density at radius 2 is 2.22 bits per heavy atom. The van der Waals surface area contributed by atoms with Gasteiger partial charge in [0.15, 0.2) is 5.65 Å². The van der Waals surface area contributed by atoms with Gasteiger partial charge >= 0.3 is 0 Å². The molecule has 0 aliphatic heterocycles. The van der Waals surface area contributed by atoms with Crippen LogP contribution in [-0.2, 0) is 6.42 Å². The lowest BCUT2D eigenvalue weighted by molar-refractivity contribution is 0.0957. The number of aryl methyl sites for hydroxylation is 1. The second-order valence-electron chi connectivity index (χ2n) is 5.07. The van der Waals surface area contributed by atoms with Gasteiger partial charge in [-0.15, -0.1) is 0 Å². The molecule has 0 atom stereocenters. The summed E-state index contributed by atoms with van der Waals surface area (Å²) in [5.41, 5.74) is 2.70. The summed E-state index contributed by atoms with van der Waals surface area (Å²) in [5, 5.41) is 2.76. The Morgan fingerprint density at radius 1 is 1.35 bits per heavy atom. The van der Waals surface area contributed by atoms with E-state index in [1.54, 1.807) is 12.4 Å². The number of nitrogens with one attached hydrogen (secondary N) is 2. The summed E-state index contributed by atoms with van der Waals surface area (Å²) >= 11 is 0. The fraction of sp³-hybridized carbons (Fsp3) is 0.235. The molecule has 3 rings (SSSR count). The number of aromatic nitrogens is 3. The summed E-state index contributed by atoms with van der Waals surface area (Å²) in [6, 6.07) is 7.82. The average molecular weight is 310 g/mol. The number of hydrogen-bond acceptors (Lipinski definition) is 4. The SMILES string of the molecule is CCNC(=O)c1c[nH]c2ncc(Oc3cccc(CC)c3)nc12. The molecule has 1 aromatic carbocycles. The summed E-state index contributed by atoms with van der Waals surface area (Å²) in [5.74, 6) is 0.877. The summed E-state index contributed by atoms with van der Waals surface area (Å²) in [4.78, 5) is 23.7. The first-order valence-corrected chi connectivity index (χ1v) is 7.60. The largest absolute Gasteiger partial charge is 0.437 e. The Labute approximate surface area is 133 Å². The van der Waals surface area contributed by atoms with Gasteiger partial charge in [-0.1, -0.05) is 19.1 Å². The molecule has 0 aliphatic rings. The second-order valence-corrected chi connectivity index (χ2v) is 5.07. The van der Waals surface area contributed by atoms with Crippen LogP contribution in [0.2, 0.25) is 0 Å². The zero-order valence-corrected chi connectivity index (χ0v) is 13.1. The number of fused-ring (bicyclic) bond motifs is 1.